The lowest BCUT2D eigenvalue weighted by Crippen LogP contribution is -2.17. The molecule has 0 saturated heterocycles. The van der Waals surface area contributed by atoms with Gasteiger partial charge in [-0.1, -0.05) is 15.9 Å². The third-order valence-corrected chi connectivity index (χ3v) is 2.78. The van der Waals surface area contributed by atoms with Crippen LogP contribution in [0.4, 0.5) is 0 Å². The summed E-state index contributed by atoms with van der Waals surface area (Å²) in [6.45, 7) is 0. The molecule has 0 fully saturated rings. The Morgan fingerprint density at radius 1 is 1.40 bits per heavy atom. The molecule has 1 aromatic rings. The monoisotopic (exact) mass is 330 g/mol. The van der Waals surface area contributed by atoms with Gasteiger partial charge in [0.05, 0.1) is 0 Å². The number of Topliss-reactive ketones (excluding diaryl/α,β-unsaturated/α-hetero) is 1. The summed E-state index contributed by atoms with van der Waals surface area (Å²) in [5.41, 5.74) is 8.15. The number of ketones is 1. The predicted octanol–water partition coefficient (Wildman–Crippen LogP) is 2.26. The van der Waals surface area contributed by atoms with Crippen LogP contribution in [0.15, 0.2) is 27.1 Å². The van der Waals surface area contributed by atoms with Crippen molar-refractivity contribution < 1.29 is 14.4 Å². The van der Waals surface area contributed by atoms with Crippen molar-refractivity contribution in [1.82, 2.24) is 0 Å². The summed E-state index contributed by atoms with van der Waals surface area (Å²) in [4.78, 5) is 24.6. The molecular formula is C9H4Br2N2O2. The first-order valence-electron chi connectivity index (χ1n) is 3.77. The van der Waals surface area contributed by atoms with E-state index in [-0.39, 0.29) is 11.8 Å². The largest absolute Gasteiger partial charge is 0.401 e. The topological polar surface area (TPSA) is 70.5 Å². The van der Waals surface area contributed by atoms with Gasteiger partial charge in [0.1, 0.15) is 0 Å². The van der Waals surface area contributed by atoms with Gasteiger partial charge in [0.2, 0.25) is 6.29 Å². The second-order valence-electron chi connectivity index (χ2n) is 2.56. The van der Waals surface area contributed by atoms with Crippen LogP contribution in [0.2, 0.25) is 0 Å². The third kappa shape index (κ3) is 2.68. The summed E-state index contributed by atoms with van der Waals surface area (Å²) in [5.74, 6) is -0.633. The molecule has 1 aromatic carbocycles. The minimum absolute atomic E-state index is 0.205. The highest BCUT2D eigenvalue weighted by molar-refractivity contribution is 9.11. The molecule has 0 heterocycles. The van der Waals surface area contributed by atoms with Crippen LogP contribution in [0.5, 0.6) is 0 Å². The molecule has 0 aromatic heterocycles. The number of aldehydes is 1. The van der Waals surface area contributed by atoms with E-state index < -0.39 is 11.5 Å². The van der Waals surface area contributed by atoms with Crippen molar-refractivity contribution in [2.45, 2.75) is 0 Å². The molecule has 0 aliphatic rings. The van der Waals surface area contributed by atoms with Crippen molar-refractivity contribution in [3.05, 3.63) is 38.2 Å². The molecule has 1 rings (SSSR count). The van der Waals surface area contributed by atoms with Crippen molar-refractivity contribution in [3.63, 3.8) is 0 Å². The van der Waals surface area contributed by atoms with E-state index in [1.807, 2.05) is 0 Å². The van der Waals surface area contributed by atoms with Gasteiger partial charge in [-0.3, -0.25) is 9.59 Å². The number of hydrogen-bond acceptors (Lipinski definition) is 2. The molecule has 0 saturated carbocycles. The van der Waals surface area contributed by atoms with Gasteiger partial charge in [0.25, 0.3) is 5.78 Å². The van der Waals surface area contributed by atoms with Crippen LogP contribution in [0.25, 0.3) is 5.53 Å². The van der Waals surface area contributed by atoms with Gasteiger partial charge in [-0.2, -0.15) is 4.79 Å². The average molecular weight is 332 g/mol. The maximum atomic E-state index is 11.6. The molecule has 0 unspecified atom stereocenters. The van der Waals surface area contributed by atoms with Crippen LogP contribution in [-0.4, -0.2) is 22.6 Å². The van der Waals surface area contributed by atoms with E-state index in [9.17, 15) is 9.59 Å². The lowest BCUT2D eigenvalue weighted by Gasteiger charge is -1.98. The van der Waals surface area contributed by atoms with Crippen molar-refractivity contribution in [2.75, 3.05) is 0 Å². The maximum Gasteiger partial charge on any atom is 0.401 e. The van der Waals surface area contributed by atoms with Crippen molar-refractivity contribution in [2.24, 2.45) is 0 Å². The summed E-state index contributed by atoms with van der Waals surface area (Å²) in [7, 11) is 0. The highest BCUT2D eigenvalue weighted by Crippen LogP contribution is 2.22. The first kappa shape index (κ1) is 12.0. The second kappa shape index (κ2) is 5.11. The molecule has 0 spiro atoms. The Balaban J connectivity index is 3.23. The first-order chi connectivity index (χ1) is 7.10. The first-order valence-corrected chi connectivity index (χ1v) is 5.35. The third-order valence-electron chi connectivity index (χ3n) is 1.63. The molecule has 76 valence electrons. The number of benzene rings is 1. The van der Waals surface area contributed by atoms with Crippen molar-refractivity contribution in [3.8, 4) is 0 Å². The van der Waals surface area contributed by atoms with Gasteiger partial charge in [0.15, 0.2) is 0 Å². The molecule has 0 radical (unpaired) electrons. The lowest BCUT2D eigenvalue weighted by atomic mass is 10.1. The van der Waals surface area contributed by atoms with E-state index in [2.05, 4.69) is 36.6 Å². The van der Waals surface area contributed by atoms with Crippen molar-refractivity contribution >= 4 is 49.6 Å². The molecule has 6 heteroatoms. The molecule has 0 amide bonds. The Hall–Kier alpha value is -1.10. The molecule has 4 nitrogen and oxygen atoms in total. The molecule has 0 atom stereocenters. The van der Waals surface area contributed by atoms with E-state index in [1.165, 1.54) is 6.07 Å². The van der Waals surface area contributed by atoms with Crippen LogP contribution >= 0.6 is 31.9 Å². The smallest absolute Gasteiger partial charge is 0.360 e. The minimum Gasteiger partial charge on any atom is -0.360 e. The zero-order valence-corrected chi connectivity index (χ0v) is 10.4. The van der Waals surface area contributed by atoms with Gasteiger partial charge < -0.3 is 5.53 Å². The zero-order valence-electron chi connectivity index (χ0n) is 7.28. The fourth-order valence-corrected chi connectivity index (χ4v) is 2.16. The van der Waals surface area contributed by atoms with Gasteiger partial charge in [-0.05, 0) is 34.1 Å². The van der Waals surface area contributed by atoms with Crippen LogP contribution in [0, 0.1) is 0 Å². The Labute approximate surface area is 102 Å². The molecular weight excluding hydrogens is 328 g/mol. The number of carbonyl (C=O) groups is 2. The molecule has 0 aliphatic heterocycles. The van der Waals surface area contributed by atoms with Gasteiger partial charge in [0, 0.05) is 14.5 Å². The van der Waals surface area contributed by atoms with E-state index in [0.29, 0.717) is 4.47 Å². The Morgan fingerprint density at radius 3 is 2.53 bits per heavy atom. The van der Waals surface area contributed by atoms with Gasteiger partial charge >= 0.3 is 5.71 Å². The summed E-state index contributed by atoms with van der Waals surface area (Å²) >= 11 is 6.40. The summed E-state index contributed by atoms with van der Waals surface area (Å²) in [5, 5.41) is 0. The van der Waals surface area contributed by atoms with Crippen LogP contribution in [0.1, 0.15) is 10.4 Å². The van der Waals surface area contributed by atoms with Crippen molar-refractivity contribution in [1.29, 1.82) is 0 Å². The molecule has 15 heavy (non-hydrogen) atoms. The van der Waals surface area contributed by atoms with E-state index in [1.54, 1.807) is 12.1 Å². The number of nitrogens with zero attached hydrogens (tertiary/aromatic N) is 2. The Morgan fingerprint density at radius 2 is 2.07 bits per heavy atom. The summed E-state index contributed by atoms with van der Waals surface area (Å²) < 4.78 is 1.31. The lowest BCUT2D eigenvalue weighted by molar-refractivity contribution is -0.106. The van der Waals surface area contributed by atoms with Gasteiger partial charge in [-0.15, -0.1) is 0 Å². The fourth-order valence-electron chi connectivity index (χ4n) is 0.934. The minimum atomic E-state index is -0.633. The summed E-state index contributed by atoms with van der Waals surface area (Å²) in [6, 6.07) is 4.83. The Kier molecular flexibility index (Phi) is 4.08. The number of carbonyl (C=O) groups excluding carboxylic acids is 2. The predicted molar refractivity (Wildman–Crippen MR) is 60.9 cm³/mol. The normalized spacial score (nSPS) is 9.20. The van der Waals surface area contributed by atoms with Gasteiger partial charge in [-0.25, -0.2) is 0 Å². The number of halogens is 2. The highest BCUT2D eigenvalue weighted by Gasteiger charge is 2.23. The highest BCUT2D eigenvalue weighted by atomic mass is 79.9. The Bertz CT molecular complexity index is 479. The van der Waals surface area contributed by atoms with Crippen LogP contribution in [0.3, 0.4) is 0 Å². The standard InChI is InChI=1S/C9H4Br2N2O2/c10-5-1-2-6(7(11)3-5)9(15)8(4-14)13-12/h1-4H. The van der Waals surface area contributed by atoms with Crippen LogP contribution in [-0.2, 0) is 4.79 Å². The molecule has 0 N–H and O–H groups in total. The van der Waals surface area contributed by atoms with E-state index >= 15 is 0 Å². The van der Waals surface area contributed by atoms with E-state index in [4.69, 9.17) is 5.53 Å². The van der Waals surface area contributed by atoms with Crippen LogP contribution < -0.4 is 0 Å². The second-order valence-corrected chi connectivity index (χ2v) is 4.33. The summed E-state index contributed by atoms with van der Waals surface area (Å²) in [6.07, 6.45) is 0.205. The zero-order chi connectivity index (χ0) is 11.4. The molecule has 0 aliphatic carbocycles. The quantitative estimate of drug-likeness (QED) is 0.213. The van der Waals surface area contributed by atoms with E-state index in [0.717, 1.165) is 4.47 Å². The SMILES string of the molecule is [N-]=[N+]=C(C=O)C(=O)c1ccc(Br)cc1Br. The molecule has 0 bridgehead atoms. The fraction of sp³-hybridized carbons (Fsp3) is 0. The maximum absolute atomic E-state index is 11.6. The number of rotatable bonds is 3. The average Bonchev–Trinajstić information content (AvgIpc) is 2.19. The number of hydrogen-bond donors (Lipinski definition) is 0.